The number of likely N-dealkylation sites (tertiary alicyclic amines) is 1. The molecule has 0 N–H and O–H groups in total. The lowest BCUT2D eigenvalue weighted by molar-refractivity contribution is 0.0698. The quantitative estimate of drug-likeness (QED) is 0.678. The summed E-state index contributed by atoms with van der Waals surface area (Å²) in [6.07, 6.45) is 3.96. The number of para-hydroxylation sites is 1. The van der Waals surface area contributed by atoms with Crippen LogP contribution in [0.4, 0.5) is 0 Å². The van der Waals surface area contributed by atoms with Crippen molar-refractivity contribution in [3.8, 4) is 22.7 Å². The lowest BCUT2D eigenvalue weighted by Gasteiger charge is -2.30. The van der Waals surface area contributed by atoms with Gasteiger partial charge in [-0.2, -0.15) is 5.10 Å². The van der Waals surface area contributed by atoms with Gasteiger partial charge in [-0.25, -0.2) is 4.68 Å². The first-order chi connectivity index (χ1) is 13.7. The Morgan fingerprint density at radius 1 is 1.04 bits per heavy atom. The molecule has 1 saturated heterocycles. The molecule has 1 aromatic heterocycles. The van der Waals surface area contributed by atoms with Crippen molar-refractivity contribution in [1.29, 1.82) is 0 Å². The van der Waals surface area contributed by atoms with E-state index in [4.69, 9.17) is 9.84 Å². The highest BCUT2D eigenvalue weighted by Crippen LogP contribution is 2.28. The number of rotatable bonds is 4. The van der Waals surface area contributed by atoms with Crippen molar-refractivity contribution in [2.45, 2.75) is 19.8 Å². The summed E-state index contributed by atoms with van der Waals surface area (Å²) in [6, 6.07) is 17.6. The zero-order valence-corrected chi connectivity index (χ0v) is 16.3. The Balaban J connectivity index is 1.74. The van der Waals surface area contributed by atoms with Crippen LogP contribution in [-0.2, 0) is 0 Å². The predicted molar refractivity (Wildman–Crippen MR) is 110 cm³/mol. The van der Waals surface area contributed by atoms with Crippen molar-refractivity contribution in [2.24, 2.45) is 5.92 Å². The molecule has 0 saturated carbocycles. The topological polar surface area (TPSA) is 47.4 Å². The average molecular weight is 375 g/mol. The molecule has 28 heavy (non-hydrogen) atoms. The van der Waals surface area contributed by atoms with Gasteiger partial charge < -0.3 is 9.64 Å². The van der Waals surface area contributed by atoms with Gasteiger partial charge in [-0.1, -0.05) is 25.1 Å². The molecule has 1 amide bonds. The highest BCUT2D eigenvalue weighted by molar-refractivity contribution is 6.00. The van der Waals surface area contributed by atoms with Gasteiger partial charge in [-0.15, -0.1) is 0 Å². The van der Waals surface area contributed by atoms with Gasteiger partial charge in [0.25, 0.3) is 5.91 Å². The highest BCUT2D eigenvalue weighted by atomic mass is 16.5. The minimum atomic E-state index is 0.0555. The van der Waals surface area contributed by atoms with Gasteiger partial charge in [0.2, 0.25) is 0 Å². The number of benzene rings is 2. The first-order valence-corrected chi connectivity index (χ1v) is 9.74. The number of nitrogens with zero attached hydrogens (tertiary/aromatic N) is 3. The number of amides is 1. The van der Waals surface area contributed by atoms with Crippen LogP contribution in [0.3, 0.4) is 0 Å². The molecule has 1 fully saturated rings. The Morgan fingerprint density at radius 2 is 1.71 bits per heavy atom. The van der Waals surface area contributed by atoms with Gasteiger partial charge in [0.05, 0.1) is 18.4 Å². The molecular weight excluding hydrogens is 350 g/mol. The van der Waals surface area contributed by atoms with Crippen LogP contribution in [0.25, 0.3) is 16.9 Å². The van der Waals surface area contributed by atoms with E-state index in [2.05, 4.69) is 6.92 Å². The second-order valence-corrected chi connectivity index (χ2v) is 7.37. The fraction of sp³-hybridized carbons (Fsp3) is 0.304. The summed E-state index contributed by atoms with van der Waals surface area (Å²) in [6.45, 7) is 3.86. The zero-order valence-electron chi connectivity index (χ0n) is 16.3. The van der Waals surface area contributed by atoms with Crippen molar-refractivity contribution in [3.63, 3.8) is 0 Å². The van der Waals surface area contributed by atoms with E-state index in [1.165, 1.54) is 0 Å². The number of piperidine rings is 1. The van der Waals surface area contributed by atoms with E-state index in [0.29, 0.717) is 17.2 Å². The maximum atomic E-state index is 13.3. The molecule has 1 aliphatic heterocycles. The summed E-state index contributed by atoms with van der Waals surface area (Å²) >= 11 is 0. The Bertz CT molecular complexity index is 940. The van der Waals surface area contributed by atoms with E-state index in [-0.39, 0.29) is 5.91 Å². The maximum absolute atomic E-state index is 13.3. The third-order valence-electron chi connectivity index (χ3n) is 5.40. The highest BCUT2D eigenvalue weighted by Gasteiger charge is 2.26. The maximum Gasteiger partial charge on any atom is 0.257 e. The molecule has 4 rings (SSSR count). The number of hydrogen-bond acceptors (Lipinski definition) is 3. The van der Waals surface area contributed by atoms with Gasteiger partial charge in [0, 0.05) is 24.8 Å². The van der Waals surface area contributed by atoms with Crippen LogP contribution >= 0.6 is 0 Å². The van der Waals surface area contributed by atoms with Crippen LogP contribution in [0, 0.1) is 5.92 Å². The molecule has 1 aliphatic rings. The minimum absolute atomic E-state index is 0.0555. The second kappa shape index (κ2) is 7.89. The Labute approximate surface area is 165 Å². The van der Waals surface area contributed by atoms with Crippen molar-refractivity contribution in [3.05, 3.63) is 66.4 Å². The Morgan fingerprint density at radius 3 is 2.36 bits per heavy atom. The van der Waals surface area contributed by atoms with Crippen LogP contribution in [0.2, 0.25) is 0 Å². The van der Waals surface area contributed by atoms with Crippen molar-refractivity contribution in [2.75, 3.05) is 20.2 Å². The van der Waals surface area contributed by atoms with Gasteiger partial charge in [0.1, 0.15) is 11.4 Å². The van der Waals surface area contributed by atoms with Crippen molar-refractivity contribution >= 4 is 5.91 Å². The lowest BCUT2D eigenvalue weighted by atomic mass is 9.98. The molecule has 0 aliphatic carbocycles. The first-order valence-electron chi connectivity index (χ1n) is 9.74. The number of aromatic nitrogens is 2. The molecule has 0 radical (unpaired) electrons. The van der Waals surface area contributed by atoms with Crippen LogP contribution in [0.5, 0.6) is 5.75 Å². The van der Waals surface area contributed by atoms with E-state index >= 15 is 0 Å². The summed E-state index contributed by atoms with van der Waals surface area (Å²) in [5.41, 5.74) is 3.19. The number of methoxy groups -OCH3 is 1. The predicted octanol–water partition coefficient (Wildman–Crippen LogP) is 4.42. The third-order valence-corrected chi connectivity index (χ3v) is 5.40. The fourth-order valence-corrected chi connectivity index (χ4v) is 3.59. The molecular formula is C23H25N3O2. The molecule has 2 heterocycles. The standard InChI is InChI=1S/C23H25N3O2/c1-17-12-14-25(15-13-17)23(27)21-16-26(19-6-4-3-5-7-19)24-22(21)18-8-10-20(28-2)11-9-18/h3-11,16-17H,12-15H2,1-2H3. The van der Waals surface area contributed by atoms with E-state index in [1.54, 1.807) is 11.8 Å². The Kier molecular flexibility index (Phi) is 5.15. The van der Waals surface area contributed by atoms with E-state index < -0.39 is 0 Å². The third kappa shape index (κ3) is 3.65. The molecule has 5 heteroatoms. The summed E-state index contributed by atoms with van der Waals surface area (Å²) in [5, 5.41) is 4.77. The Hall–Kier alpha value is -3.08. The molecule has 2 aromatic carbocycles. The van der Waals surface area contributed by atoms with Gasteiger partial charge in [0.15, 0.2) is 0 Å². The second-order valence-electron chi connectivity index (χ2n) is 7.37. The van der Waals surface area contributed by atoms with Gasteiger partial charge >= 0.3 is 0 Å². The molecule has 3 aromatic rings. The van der Waals surface area contributed by atoms with Crippen LogP contribution < -0.4 is 4.74 Å². The van der Waals surface area contributed by atoms with Gasteiger partial charge in [-0.3, -0.25) is 4.79 Å². The summed E-state index contributed by atoms with van der Waals surface area (Å²) < 4.78 is 7.05. The smallest absolute Gasteiger partial charge is 0.257 e. The summed E-state index contributed by atoms with van der Waals surface area (Å²) in [5.74, 6) is 1.51. The zero-order chi connectivity index (χ0) is 19.5. The van der Waals surface area contributed by atoms with E-state index in [1.807, 2.05) is 65.7 Å². The molecule has 0 unspecified atom stereocenters. The first kappa shape index (κ1) is 18.3. The van der Waals surface area contributed by atoms with Crippen molar-refractivity contribution in [1.82, 2.24) is 14.7 Å². The normalized spacial score (nSPS) is 14.9. The molecule has 0 bridgehead atoms. The molecule has 144 valence electrons. The summed E-state index contributed by atoms with van der Waals surface area (Å²) in [7, 11) is 1.64. The fourth-order valence-electron chi connectivity index (χ4n) is 3.59. The van der Waals surface area contributed by atoms with E-state index in [0.717, 1.165) is 42.9 Å². The summed E-state index contributed by atoms with van der Waals surface area (Å²) in [4.78, 5) is 15.3. The number of carbonyl (C=O) groups excluding carboxylic acids is 1. The van der Waals surface area contributed by atoms with Gasteiger partial charge in [-0.05, 0) is 55.2 Å². The largest absolute Gasteiger partial charge is 0.497 e. The number of carbonyl (C=O) groups is 1. The number of hydrogen-bond donors (Lipinski definition) is 0. The van der Waals surface area contributed by atoms with Crippen LogP contribution in [-0.4, -0.2) is 40.8 Å². The van der Waals surface area contributed by atoms with E-state index in [9.17, 15) is 4.79 Å². The molecule has 0 spiro atoms. The average Bonchev–Trinajstić information content (AvgIpc) is 3.20. The van der Waals surface area contributed by atoms with Crippen LogP contribution in [0.1, 0.15) is 30.1 Å². The molecule has 0 atom stereocenters. The SMILES string of the molecule is COc1ccc(-c2nn(-c3ccccc3)cc2C(=O)N2CCC(C)CC2)cc1. The lowest BCUT2D eigenvalue weighted by Crippen LogP contribution is -2.38. The number of ether oxygens (including phenoxy) is 1. The minimum Gasteiger partial charge on any atom is -0.497 e. The van der Waals surface area contributed by atoms with Crippen LogP contribution in [0.15, 0.2) is 60.8 Å². The monoisotopic (exact) mass is 375 g/mol. The molecule has 5 nitrogen and oxygen atoms in total. The van der Waals surface area contributed by atoms with Crippen molar-refractivity contribution < 1.29 is 9.53 Å².